The summed E-state index contributed by atoms with van der Waals surface area (Å²) in [6.07, 6.45) is 1.38. The fraction of sp³-hybridized carbons (Fsp3) is 0.600. The lowest BCUT2D eigenvalue weighted by Gasteiger charge is -2.21. The molecular formula is C5H9BO2. The van der Waals surface area contributed by atoms with Crippen molar-refractivity contribution in [2.24, 2.45) is 0 Å². The van der Waals surface area contributed by atoms with Crippen LogP contribution in [0.1, 0.15) is 0 Å². The molecule has 0 aromatic carbocycles. The molecule has 0 rings (SSSR count). The Labute approximate surface area is 50.9 Å². The Morgan fingerprint density at radius 2 is 1.88 bits per heavy atom. The maximum atomic E-state index is 5.33. The van der Waals surface area contributed by atoms with E-state index in [1.54, 1.807) is 0 Å². The number of hydrogen-bond acceptors (Lipinski definition) is 2. The van der Waals surface area contributed by atoms with Crippen LogP contribution in [-0.2, 0) is 9.47 Å². The van der Waals surface area contributed by atoms with Crippen LogP contribution in [0, 0.1) is 0 Å². The fourth-order valence-electron chi connectivity index (χ4n) is 0.250. The van der Waals surface area contributed by atoms with Gasteiger partial charge in [0.05, 0.1) is 0 Å². The molecule has 8 heavy (non-hydrogen) atoms. The molecule has 0 bridgehead atoms. The lowest BCUT2D eigenvalue weighted by atomic mass is 9.95. The second-order valence-electron chi connectivity index (χ2n) is 1.33. The SMILES string of the molecule is [B]C(C=C)(OC)OC. The molecule has 0 spiro atoms. The van der Waals surface area contributed by atoms with Crippen molar-refractivity contribution in [1.82, 2.24) is 0 Å². The van der Waals surface area contributed by atoms with Crippen molar-refractivity contribution in [3.8, 4) is 0 Å². The zero-order valence-corrected chi connectivity index (χ0v) is 5.18. The first-order valence-corrected chi connectivity index (χ1v) is 2.21. The van der Waals surface area contributed by atoms with Gasteiger partial charge in [0.2, 0.25) is 0 Å². The van der Waals surface area contributed by atoms with E-state index < -0.39 is 5.69 Å². The first-order chi connectivity index (χ1) is 3.68. The number of rotatable bonds is 3. The van der Waals surface area contributed by atoms with Gasteiger partial charge in [-0.1, -0.05) is 6.58 Å². The molecule has 44 valence electrons. The van der Waals surface area contributed by atoms with Crippen LogP contribution < -0.4 is 0 Å². The Hall–Kier alpha value is -0.275. The van der Waals surface area contributed by atoms with Gasteiger partial charge in [0, 0.05) is 14.2 Å². The molecule has 0 aromatic heterocycles. The summed E-state index contributed by atoms with van der Waals surface area (Å²) < 4.78 is 9.35. The first kappa shape index (κ1) is 7.72. The van der Waals surface area contributed by atoms with Crippen LogP contribution in [0.3, 0.4) is 0 Å². The van der Waals surface area contributed by atoms with Crippen molar-refractivity contribution in [1.29, 1.82) is 0 Å². The van der Waals surface area contributed by atoms with Crippen molar-refractivity contribution in [3.05, 3.63) is 12.7 Å². The van der Waals surface area contributed by atoms with Crippen molar-refractivity contribution in [3.63, 3.8) is 0 Å². The van der Waals surface area contributed by atoms with Gasteiger partial charge in [-0.15, -0.1) is 0 Å². The van der Waals surface area contributed by atoms with Gasteiger partial charge >= 0.3 is 0 Å². The molecule has 0 atom stereocenters. The molecule has 2 nitrogen and oxygen atoms in total. The monoisotopic (exact) mass is 112 g/mol. The van der Waals surface area contributed by atoms with E-state index in [4.69, 9.17) is 7.85 Å². The minimum Gasteiger partial charge on any atom is -0.359 e. The van der Waals surface area contributed by atoms with E-state index in [1.807, 2.05) is 0 Å². The molecule has 0 aliphatic carbocycles. The minimum absolute atomic E-state index is 1.11. The van der Waals surface area contributed by atoms with Gasteiger partial charge in [-0.3, -0.25) is 0 Å². The summed E-state index contributed by atoms with van der Waals surface area (Å²) in [6, 6.07) is 0. The van der Waals surface area contributed by atoms with Crippen LogP contribution in [0.25, 0.3) is 0 Å². The van der Waals surface area contributed by atoms with Gasteiger partial charge in [0.15, 0.2) is 7.85 Å². The minimum atomic E-state index is -1.11. The predicted molar refractivity (Wildman–Crippen MR) is 32.7 cm³/mol. The van der Waals surface area contributed by atoms with Crippen LogP contribution >= 0.6 is 0 Å². The highest BCUT2D eigenvalue weighted by Crippen LogP contribution is 2.04. The molecule has 0 saturated carbocycles. The highest BCUT2D eigenvalue weighted by Gasteiger charge is 2.14. The standard InChI is InChI=1S/C5H9BO2/c1-4-5(6,7-2)8-3/h4H,1H2,2-3H3. The first-order valence-electron chi connectivity index (χ1n) is 2.21. The van der Waals surface area contributed by atoms with Gasteiger partial charge in [-0.05, 0) is 6.08 Å². The van der Waals surface area contributed by atoms with Gasteiger partial charge < -0.3 is 9.47 Å². The number of ether oxygens (including phenoxy) is 2. The number of methoxy groups -OCH3 is 2. The van der Waals surface area contributed by atoms with E-state index >= 15 is 0 Å². The Balaban J connectivity index is 3.76. The summed E-state index contributed by atoms with van der Waals surface area (Å²) in [5.41, 5.74) is -1.11. The highest BCUT2D eigenvalue weighted by atomic mass is 16.7. The summed E-state index contributed by atoms with van der Waals surface area (Å²) in [5.74, 6) is 0. The van der Waals surface area contributed by atoms with Gasteiger partial charge in [-0.2, -0.15) is 0 Å². The maximum Gasteiger partial charge on any atom is 0.160 e. The molecule has 0 heterocycles. The maximum absolute atomic E-state index is 5.33. The van der Waals surface area contributed by atoms with Crippen molar-refractivity contribution in [2.75, 3.05) is 14.2 Å². The predicted octanol–water partition coefficient (Wildman–Crippen LogP) is 0.287. The zero-order chi connectivity index (χ0) is 6.62. The van der Waals surface area contributed by atoms with Crippen molar-refractivity contribution < 1.29 is 9.47 Å². The Morgan fingerprint density at radius 3 is 1.88 bits per heavy atom. The molecule has 0 fully saturated rings. The van der Waals surface area contributed by atoms with Gasteiger partial charge in [-0.25, -0.2) is 0 Å². The Morgan fingerprint density at radius 1 is 1.50 bits per heavy atom. The van der Waals surface area contributed by atoms with E-state index in [0.717, 1.165) is 0 Å². The van der Waals surface area contributed by atoms with Crippen LogP contribution in [0.2, 0.25) is 0 Å². The van der Waals surface area contributed by atoms with Crippen LogP contribution in [0.4, 0.5) is 0 Å². The molecule has 3 heteroatoms. The van der Waals surface area contributed by atoms with Crippen LogP contribution in [0.5, 0.6) is 0 Å². The molecule has 0 aliphatic heterocycles. The van der Waals surface area contributed by atoms with Gasteiger partial charge in [0.25, 0.3) is 0 Å². The fourth-order valence-corrected chi connectivity index (χ4v) is 0.250. The quantitative estimate of drug-likeness (QED) is 0.296. The molecule has 0 unspecified atom stereocenters. The van der Waals surface area contributed by atoms with Gasteiger partial charge in [0.1, 0.15) is 5.69 Å². The largest absolute Gasteiger partial charge is 0.359 e. The third-order valence-electron chi connectivity index (χ3n) is 0.923. The lowest BCUT2D eigenvalue weighted by Crippen LogP contribution is -2.30. The second-order valence-corrected chi connectivity index (χ2v) is 1.33. The van der Waals surface area contributed by atoms with Crippen LogP contribution in [-0.4, -0.2) is 27.8 Å². The molecule has 0 N–H and O–H groups in total. The van der Waals surface area contributed by atoms with Crippen LogP contribution in [0.15, 0.2) is 12.7 Å². The average molecular weight is 112 g/mol. The third-order valence-corrected chi connectivity index (χ3v) is 0.923. The molecule has 0 aliphatic rings. The molecule has 2 radical (unpaired) electrons. The summed E-state index contributed by atoms with van der Waals surface area (Å²) in [7, 11) is 8.23. The summed E-state index contributed by atoms with van der Waals surface area (Å²) >= 11 is 0. The molecular weight excluding hydrogens is 103 g/mol. The summed E-state index contributed by atoms with van der Waals surface area (Å²) in [4.78, 5) is 0. The Kier molecular flexibility index (Phi) is 2.80. The van der Waals surface area contributed by atoms with E-state index in [9.17, 15) is 0 Å². The highest BCUT2D eigenvalue weighted by molar-refractivity contribution is 6.14. The topological polar surface area (TPSA) is 18.5 Å². The van der Waals surface area contributed by atoms with E-state index in [-0.39, 0.29) is 0 Å². The third kappa shape index (κ3) is 1.68. The molecule has 0 aromatic rings. The van der Waals surface area contributed by atoms with Crippen molar-refractivity contribution in [2.45, 2.75) is 5.69 Å². The lowest BCUT2D eigenvalue weighted by molar-refractivity contribution is -0.105. The van der Waals surface area contributed by atoms with E-state index in [0.29, 0.717) is 0 Å². The average Bonchev–Trinajstić information content (AvgIpc) is 1.87. The zero-order valence-electron chi connectivity index (χ0n) is 5.18. The normalized spacial score (nSPS) is 11.2. The summed E-state index contributed by atoms with van der Waals surface area (Å²) in [5, 5.41) is 0. The second kappa shape index (κ2) is 2.90. The molecule has 0 saturated heterocycles. The van der Waals surface area contributed by atoms with E-state index in [2.05, 4.69) is 16.1 Å². The Bertz CT molecular complexity index is 78.5. The molecule has 0 amide bonds. The smallest absolute Gasteiger partial charge is 0.160 e. The van der Waals surface area contributed by atoms with E-state index in [1.165, 1.54) is 20.3 Å². The summed E-state index contributed by atoms with van der Waals surface area (Å²) in [6.45, 7) is 3.40. The van der Waals surface area contributed by atoms with Crippen molar-refractivity contribution >= 4 is 7.85 Å². The number of hydrogen-bond donors (Lipinski definition) is 0.